The van der Waals surface area contributed by atoms with Crippen molar-refractivity contribution in [2.45, 2.75) is 96.8 Å². The van der Waals surface area contributed by atoms with Gasteiger partial charge in [-0.15, -0.1) is 0 Å². The van der Waals surface area contributed by atoms with Crippen LogP contribution in [0.25, 0.3) is 0 Å². The lowest BCUT2D eigenvalue weighted by molar-refractivity contribution is -0.137. The highest BCUT2D eigenvalue weighted by molar-refractivity contribution is 5.75. The van der Waals surface area contributed by atoms with Gasteiger partial charge in [0.25, 0.3) is 0 Å². The molecule has 0 unspecified atom stereocenters. The lowest BCUT2D eigenvalue weighted by Crippen LogP contribution is -2.24. The van der Waals surface area contributed by atoms with E-state index >= 15 is 0 Å². The van der Waals surface area contributed by atoms with E-state index in [-0.39, 0.29) is 12.3 Å². The van der Waals surface area contributed by atoms with Crippen LogP contribution in [0.1, 0.15) is 96.8 Å². The van der Waals surface area contributed by atoms with Crippen LogP contribution in [0, 0.1) is 0 Å². The Morgan fingerprint density at radius 1 is 0.727 bits per heavy atom. The molecule has 0 atom stereocenters. The Bertz CT molecular complexity index is 280. The van der Waals surface area contributed by atoms with E-state index < -0.39 is 5.97 Å². The standard InChI is InChI=1S/C18H35NO3/c1-2-3-4-5-6-7-8-9-10-11-12-14-17(20)19-16-13-15-18(21)22/h2-16H2,1H3,(H,19,20)(H,21,22). The summed E-state index contributed by atoms with van der Waals surface area (Å²) in [6, 6.07) is 0. The predicted molar refractivity (Wildman–Crippen MR) is 91.0 cm³/mol. The number of rotatable bonds is 16. The summed E-state index contributed by atoms with van der Waals surface area (Å²) in [6.07, 6.45) is 15.3. The first-order valence-electron chi connectivity index (χ1n) is 9.15. The van der Waals surface area contributed by atoms with Gasteiger partial charge in [-0.1, -0.05) is 71.1 Å². The van der Waals surface area contributed by atoms with Gasteiger partial charge >= 0.3 is 5.97 Å². The van der Waals surface area contributed by atoms with E-state index in [1.54, 1.807) is 0 Å². The van der Waals surface area contributed by atoms with Crippen molar-refractivity contribution in [3.05, 3.63) is 0 Å². The fourth-order valence-electron chi connectivity index (χ4n) is 2.51. The van der Waals surface area contributed by atoms with Crippen molar-refractivity contribution in [3.63, 3.8) is 0 Å². The normalized spacial score (nSPS) is 10.6. The Morgan fingerprint density at radius 3 is 1.73 bits per heavy atom. The topological polar surface area (TPSA) is 66.4 Å². The summed E-state index contributed by atoms with van der Waals surface area (Å²) < 4.78 is 0. The maximum absolute atomic E-state index is 11.5. The van der Waals surface area contributed by atoms with Gasteiger partial charge in [-0.2, -0.15) is 0 Å². The second kappa shape index (κ2) is 16.3. The van der Waals surface area contributed by atoms with Gasteiger partial charge in [-0.25, -0.2) is 0 Å². The van der Waals surface area contributed by atoms with Crippen molar-refractivity contribution in [1.29, 1.82) is 0 Å². The summed E-state index contributed by atoms with van der Waals surface area (Å²) in [7, 11) is 0. The molecule has 0 radical (unpaired) electrons. The van der Waals surface area contributed by atoms with Crippen LogP contribution in [-0.4, -0.2) is 23.5 Å². The number of carbonyl (C=O) groups excluding carboxylic acids is 1. The van der Waals surface area contributed by atoms with Gasteiger partial charge in [0.1, 0.15) is 0 Å². The number of unbranched alkanes of at least 4 members (excludes halogenated alkanes) is 10. The summed E-state index contributed by atoms with van der Waals surface area (Å²) in [5, 5.41) is 11.3. The molecule has 0 bridgehead atoms. The molecule has 0 heterocycles. The first kappa shape index (κ1) is 20.9. The van der Waals surface area contributed by atoms with Crippen LogP contribution in [0.3, 0.4) is 0 Å². The molecule has 1 amide bonds. The number of amides is 1. The molecule has 0 saturated carbocycles. The number of hydrogen-bond acceptors (Lipinski definition) is 2. The molecule has 0 aliphatic carbocycles. The molecule has 4 heteroatoms. The highest BCUT2D eigenvalue weighted by atomic mass is 16.4. The quantitative estimate of drug-likeness (QED) is 0.407. The minimum Gasteiger partial charge on any atom is -0.481 e. The zero-order chi connectivity index (χ0) is 16.5. The van der Waals surface area contributed by atoms with Gasteiger partial charge in [0.15, 0.2) is 0 Å². The highest BCUT2D eigenvalue weighted by Gasteiger charge is 2.01. The van der Waals surface area contributed by atoms with E-state index in [1.807, 2.05) is 0 Å². The zero-order valence-corrected chi connectivity index (χ0v) is 14.4. The average Bonchev–Trinajstić information content (AvgIpc) is 2.49. The van der Waals surface area contributed by atoms with Crippen molar-refractivity contribution in [2.24, 2.45) is 0 Å². The second-order valence-electron chi connectivity index (χ2n) is 6.13. The minimum atomic E-state index is -0.806. The minimum absolute atomic E-state index is 0.0568. The molecule has 0 aliphatic heterocycles. The van der Waals surface area contributed by atoms with E-state index in [0.717, 1.165) is 12.8 Å². The molecule has 0 rings (SSSR count). The molecule has 0 saturated heterocycles. The molecule has 2 N–H and O–H groups in total. The van der Waals surface area contributed by atoms with Gasteiger partial charge in [-0.05, 0) is 12.8 Å². The molecular formula is C18H35NO3. The Hall–Kier alpha value is -1.06. The van der Waals surface area contributed by atoms with Crippen LogP contribution in [0.2, 0.25) is 0 Å². The van der Waals surface area contributed by atoms with Crippen molar-refractivity contribution in [1.82, 2.24) is 5.32 Å². The van der Waals surface area contributed by atoms with Gasteiger partial charge in [0.2, 0.25) is 5.91 Å². The average molecular weight is 313 g/mol. The van der Waals surface area contributed by atoms with Crippen molar-refractivity contribution < 1.29 is 14.7 Å². The summed E-state index contributed by atoms with van der Waals surface area (Å²) in [5.41, 5.74) is 0. The third-order valence-corrected chi connectivity index (χ3v) is 3.90. The Morgan fingerprint density at radius 2 is 1.23 bits per heavy atom. The molecule has 4 nitrogen and oxygen atoms in total. The summed E-state index contributed by atoms with van der Waals surface area (Å²) in [5.74, 6) is -0.749. The Kier molecular flexibility index (Phi) is 15.5. The lowest BCUT2D eigenvalue weighted by atomic mass is 10.1. The SMILES string of the molecule is CCCCCCCCCCCCCC(=O)NCCCC(=O)O. The monoisotopic (exact) mass is 313 g/mol. The molecule has 0 aromatic rings. The zero-order valence-electron chi connectivity index (χ0n) is 14.4. The molecule has 22 heavy (non-hydrogen) atoms. The number of aliphatic carboxylic acids is 1. The number of carboxylic acid groups (broad SMARTS) is 1. The maximum Gasteiger partial charge on any atom is 0.303 e. The van der Waals surface area contributed by atoms with E-state index in [2.05, 4.69) is 12.2 Å². The smallest absolute Gasteiger partial charge is 0.303 e. The van der Waals surface area contributed by atoms with Gasteiger partial charge in [0, 0.05) is 19.4 Å². The molecule has 0 fully saturated rings. The van der Waals surface area contributed by atoms with Gasteiger partial charge < -0.3 is 10.4 Å². The number of carboxylic acids is 1. The first-order valence-corrected chi connectivity index (χ1v) is 9.15. The predicted octanol–water partition coefficient (Wildman–Crippen LogP) is 4.67. The second-order valence-corrected chi connectivity index (χ2v) is 6.13. The van der Waals surface area contributed by atoms with E-state index in [9.17, 15) is 9.59 Å². The number of carbonyl (C=O) groups is 2. The van der Waals surface area contributed by atoms with Crippen molar-refractivity contribution in [3.8, 4) is 0 Å². The molecule has 0 aromatic carbocycles. The summed E-state index contributed by atoms with van der Waals surface area (Å²) >= 11 is 0. The Balaban J connectivity index is 3.15. The fraction of sp³-hybridized carbons (Fsp3) is 0.889. The van der Waals surface area contributed by atoms with Crippen LogP contribution in [0.15, 0.2) is 0 Å². The molecule has 130 valence electrons. The van der Waals surface area contributed by atoms with Crippen LogP contribution >= 0.6 is 0 Å². The van der Waals surface area contributed by atoms with Gasteiger partial charge in [-0.3, -0.25) is 9.59 Å². The van der Waals surface area contributed by atoms with Crippen LogP contribution < -0.4 is 5.32 Å². The summed E-state index contributed by atoms with van der Waals surface area (Å²) in [4.78, 5) is 21.8. The van der Waals surface area contributed by atoms with E-state index in [4.69, 9.17) is 5.11 Å². The maximum atomic E-state index is 11.5. The Labute approximate surface area is 136 Å². The van der Waals surface area contributed by atoms with E-state index in [0.29, 0.717) is 19.4 Å². The largest absolute Gasteiger partial charge is 0.481 e. The molecule has 0 spiro atoms. The number of hydrogen-bond donors (Lipinski definition) is 2. The molecule has 0 aromatic heterocycles. The van der Waals surface area contributed by atoms with Crippen LogP contribution in [0.4, 0.5) is 0 Å². The highest BCUT2D eigenvalue weighted by Crippen LogP contribution is 2.11. The van der Waals surface area contributed by atoms with E-state index in [1.165, 1.54) is 57.8 Å². The number of nitrogens with one attached hydrogen (secondary N) is 1. The lowest BCUT2D eigenvalue weighted by Gasteiger charge is -2.04. The molecule has 0 aliphatic rings. The molecular weight excluding hydrogens is 278 g/mol. The van der Waals surface area contributed by atoms with Crippen LogP contribution in [0.5, 0.6) is 0 Å². The van der Waals surface area contributed by atoms with Crippen molar-refractivity contribution >= 4 is 11.9 Å². The van der Waals surface area contributed by atoms with Crippen LogP contribution in [-0.2, 0) is 9.59 Å². The van der Waals surface area contributed by atoms with Crippen molar-refractivity contribution in [2.75, 3.05) is 6.54 Å². The third kappa shape index (κ3) is 17.0. The first-order chi connectivity index (χ1) is 10.7. The van der Waals surface area contributed by atoms with Gasteiger partial charge in [0.05, 0.1) is 0 Å². The summed E-state index contributed by atoms with van der Waals surface area (Å²) in [6.45, 7) is 2.72. The third-order valence-electron chi connectivity index (χ3n) is 3.90. The fourth-order valence-corrected chi connectivity index (χ4v) is 2.51.